The van der Waals surface area contributed by atoms with E-state index in [1.165, 1.54) is 22.3 Å². The van der Waals surface area contributed by atoms with Crippen molar-refractivity contribution in [1.29, 1.82) is 0 Å². The van der Waals surface area contributed by atoms with Crippen molar-refractivity contribution in [3.8, 4) is 0 Å². The van der Waals surface area contributed by atoms with Gasteiger partial charge in [0.1, 0.15) is 12.7 Å². The van der Waals surface area contributed by atoms with E-state index in [-0.39, 0.29) is 0 Å². The fraction of sp³-hybridized carbons (Fsp3) is 0.375. The van der Waals surface area contributed by atoms with Gasteiger partial charge in [0.05, 0.1) is 6.54 Å². The number of aliphatic imine (C=N–C) groups is 1. The standard InChI is InChI=1S/C24H32N6/c1-19(2)23-11-9-20(10-12-23)8-5-13-27-24(25-3)28-15-21-6-4-7-22(14-21)16-30-18-26-17-29-30/h4,6-7,9-12,14,17-19H,5,8,13,15-16H2,1-3H3,(H2,25,27,28). The van der Waals surface area contributed by atoms with Crippen LogP contribution in [0, 0.1) is 0 Å². The number of rotatable bonds is 9. The van der Waals surface area contributed by atoms with E-state index >= 15 is 0 Å². The summed E-state index contributed by atoms with van der Waals surface area (Å²) in [4.78, 5) is 8.33. The zero-order valence-corrected chi connectivity index (χ0v) is 18.2. The van der Waals surface area contributed by atoms with Crippen LogP contribution in [0.2, 0.25) is 0 Å². The zero-order valence-electron chi connectivity index (χ0n) is 18.2. The van der Waals surface area contributed by atoms with Gasteiger partial charge < -0.3 is 10.6 Å². The number of benzene rings is 2. The van der Waals surface area contributed by atoms with Gasteiger partial charge in [-0.2, -0.15) is 5.10 Å². The molecule has 0 atom stereocenters. The Kier molecular flexibility index (Phi) is 8.01. The molecule has 0 radical (unpaired) electrons. The van der Waals surface area contributed by atoms with Gasteiger partial charge in [0.2, 0.25) is 0 Å². The fourth-order valence-electron chi connectivity index (χ4n) is 3.31. The topological polar surface area (TPSA) is 67.1 Å². The van der Waals surface area contributed by atoms with Crippen molar-refractivity contribution >= 4 is 5.96 Å². The van der Waals surface area contributed by atoms with Crippen LogP contribution < -0.4 is 10.6 Å². The van der Waals surface area contributed by atoms with E-state index in [4.69, 9.17) is 0 Å². The molecule has 6 heteroatoms. The van der Waals surface area contributed by atoms with E-state index in [9.17, 15) is 0 Å². The summed E-state index contributed by atoms with van der Waals surface area (Å²) in [5, 5.41) is 11.0. The molecule has 1 heterocycles. The van der Waals surface area contributed by atoms with Crippen LogP contribution in [0.4, 0.5) is 0 Å². The first kappa shape index (κ1) is 21.6. The molecule has 0 fully saturated rings. The molecule has 0 saturated carbocycles. The number of aromatic nitrogens is 3. The van der Waals surface area contributed by atoms with Crippen LogP contribution in [0.25, 0.3) is 0 Å². The number of hydrogen-bond donors (Lipinski definition) is 2. The van der Waals surface area contributed by atoms with Gasteiger partial charge in [-0.15, -0.1) is 0 Å². The molecule has 3 aromatic rings. The summed E-state index contributed by atoms with van der Waals surface area (Å²) in [5.41, 5.74) is 5.19. The molecule has 0 bridgehead atoms. The van der Waals surface area contributed by atoms with Crippen LogP contribution >= 0.6 is 0 Å². The third-order valence-electron chi connectivity index (χ3n) is 5.07. The maximum atomic E-state index is 4.33. The van der Waals surface area contributed by atoms with Crippen molar-refractivity contribution < 1.29 is 0 Å². The maximum Gasteiger partial charge on any atom is 0.191 e. The Morgan fingerprint density at radius 3 is 2.53 bits per heavy atom. The molecular weight excluding hydrogens is 372 g/mol. The van der Waals surface area contributed by atoms with Gasteiger partial charge >= 0.3 is 0 Å². The van der Waals surface area contributed by atoms with E-state index in [1.54, 1.807) is 19.7 Å². The monoisotopic (exact) mass is 404 g/mol. The molecule has 6 nitrogen and oxygen atoms in total. The minimum absolute atomic E-state index is 0.582. The van der Waals surface area contributed by atoms with Gasteiger partial charge in [0.25, 0.3) is 0 Å². The lowest BCUT2D eigenvalue weighted by molar-refractivity contribution is 0.683. The Hall–Kier alpha value is -3.15. The number of aryl methyl sites for hydroxylation is 1. The van der Waals surface area contributed by atoms with Crippen LogP contribution in [0.5, 0.6) is 0 Å². The second-order valence-electron chi connectivity index (χ2n) is 7.77. The smallest absolute Gasteiger partial charge is 0.191 e. The molecule has 0 aliphatic carbocycles. The molecule has 2 aromatic carbocycles. The van der Waals surface area contributed by atoms with Crippen LogP contribution in [-0.4, -0.2) is 34.3 Å². The average molecular weight is 405 g/mol. The molecule has 30 heavy (non-hydrogen) atoms. The highest BCUT2D eigenvalue weighted by Crippen LogP contribution is 2.15. The quantitative estimate of drug-likeness (QED) is 0.324. The van der Waals surface area contributed by atoms with Crippen LogP contribution in [0.15, 0.2) is 66.2 Å². The minimum atomic E-state index is 0.582. The molecule has 158 valence electrons. The fourth-order valence-corrected chi connectivity index (χ4v) is 3.31. The van der Waals surface area contributed by atoms with E-state index < -0.39 is 0 Å². The summed E-state index contributed by atoms with van der Waals surface area (Å²) in [6, 6.07) is 17.4. The van der Waals surface area contributed by atoms with Crippen molar-refractivity contribution in [2.24, 2.45) is 4.99 Å². The van der Waals surface area contributed by atoms with Gasteiger partial charge in [-0.1, -0.05) is 62.4 Å². The van der Waals surface area contributed by atoms with Crippen LogP contribution in [0.3, 0.4) is 0 Å². The van der Waals surface area contributed by atoms with Gasteiger partial charge in [0, 0.05) is 20.1 Å². The van der Waals surface area contributed by atoms with Crippen LogP contribution in [0.1, 0.15) is 48.4 Å². The normalized spacial score (nSPS) is 11.7. The van der Waals surface area contributed by atoms with Crippen LogP contribution in [-0.2, 0) is 19.5 Å². The summed E-state index contributed by atoms with van der Waals surface area (Å²) >= 11 is 0. The Morgan fingerprint density at radius 2 is 1.83 bits per heavy atom. The van der Waals surface area contributed by atoms with Crippen molar-refractivity contribution in [2.45, 2.75) is 45.7 Å². The molecule has 0 aliphatic rings. The average Bonchev–Trinajstić information content (AvgIpc) is 3.27. The highest BCUT2D eigenvalue weighted by atomic mass is 15.3. The van der Waals surface area contributed by atoms with Gasteiger partial charge in [-0.25, -0.2) is 9.67 Å². The Morgan fingerprint density at radius 1 is 1.03 bits per heavy atom. The second-order valence-corrected chi connectivity index (χ2v) is 7.77. The number of nitrogens with zero attached hydrogens (tertiary/aromatic N) is 4. The minimum Gasteiger partial charge on any atom is -0.356 e. The van der Waals surface area contributed by atoms with E-state index in [0.29, 0.717) is 5.92 Å². The Bertz CT molecular complexity index is 913. The molecule has 0 saturated heterocycles. The third kappa shape index (κ3) is 6.72. The van der Waals surface area contributed by atoms with Gasteiger partial charge in [0.15, 0.2) is 5.96 Å². The third-order valence-corrected chi connectivity index (χ3v) is 5.07. The van der Waals surface area contributed by atoms with E-state index in [2.05, 4.69) is 88.1 Å². The summed E-state index contributed by atoms with van der Waals surface area (Å²) in [6.07, 6.45) is 5.42. The molecule has 0 unspecified atom stereocenters. The first-order chi connectivity index (χ1) is 14.6. The van der Waals surface area contributed by atoms with Crippen molar-refractivity contribution in [3.05, 3.63) is 83.4 Å². The second kappa shape index (κ2) is 11.1. The number of guanidine groups is 1. The Balaban J connectivity index is 1.40. The first-order valence-electron chi connectivity index (χ1n) is 10.6. The SMILES string of the molecule is CN=C(NCCCc1ccc(C(C)C)cc1)NCc1cccc(Cn2cncn2)c1. The molecule has 0 aliphatic heterocycles. The van der Waals surface area contributed by atoms with Crippen molar-refractivity contribution in [3.63, 3.8) is 0 Å². The van der Waals surface area contributed by atoms with E-state index in [0.717, 1.165) is 38.4 Å². The number of hydrogen-bond acceptors (Lipinski definition) is 3. The van der Waals surface area contributed by atoms with Crippen molar-refractivity contribution in [1.82, 2.24) is 25.4 Å². The first-order valence-corrected chi connectivity index (χ1v) is 10.6. The zero-order chi connectivity index (χ0) is 21.2. The van der Waals surface area contributed by atoms with Gasteiger partial charge in [-0.3, -0.25) is 4.99 Å². The summed E-state index contributed by atoms with van der Waals surface area (Å²) in [6.45, 7) is 6.79. The molecule has 1 aromatic heterocycles. The summed E-state index contributed by atoms with van der Waals surface area (Å²) in [7, 11) is 1.81. The molecule has 0 amide bonds. The summed E-state index contributed by atoms with van der Waals surface area (Å²) in [5.74, 6) is 1.41. The predicted octanol–water partition coefficient (Wildman–Crippen LogP) is 3.75. The largest absolute Gasteiger partial charge is 0.356 e. The molecular formula is C24H32N6. The van der Waals surface area contributed by atoms with E-state index in [1.807, 2.05) is 4.68 Å². The molecule has 0 spiro atoms. The maximum absolute atomic E-state index is 4.33. The highest BCUT2D eigenvalue weighted by molar-refractivity contribution is 5.79. The molecule has 2 N–H and O–H groups in total. The Labute approximate surface area is 179 Å². The lowest BCUT2D eigenvalue weighted by atomic mass is 10.0. The summed E-state index contributed by atoms with van der Waals surface area (Å²) < 4.78 is 1.82. The number of nitrogens with one attached hydrogen (secondary N) is 2. The van der Waals surface area contributed by atoms with Gasteiger partial charge in [-0.05, 0) is 41.0 Å². The highest BCUT2D eigenvalue weighted by Gasteiger charge is 2.02. The molecule has 3 rings (SSSR count). The lowest BCUT2D eigenvalue weighted by Crippen LogP contribution is -2.37. The predicted molar refractivity (Wildman–Crippen MR) is 123 cm³/mol. The van der Waals surface area contributed by atoms with Crippen molar-refractivity contribution in [2.75, 3.05) is 13.6 Å². The lowest BCUT2D eigenvalue weighted by Gasteiger charge is -2.13.